The number of nitrogens with one attached hydrogen (secondary N) is 2. The van der Waals surface area contributed by atoms with Gasteiger partial charge in [-0.2, -0.15) is 0 Å². The molecule has 2 N–H and O–H groups in total. The second kappa shape index (κ2) is 4.50. The van der Waals surface area contributed by atoms with E-state index in [9.17, 15) is 13.6 Å². The number of rotatable bonds is 5. The summed E-state index contributed by atoms with van der Waals surface area (Å²) in [5.74, 6) is -0.199. The van der Waals surface area contributed by atoms with E-state index in [0.717, 1.165) is 12.8 Å². The Morgan fingerprint density at radius 1 is 1.54 bits per heavy atom. The van der Waals surface area contributed by atoms with Crippen LogP contribution in [0.2, 0.25) is 0 Å². The van der Waals surface area contributed by atoms with E-state index in [4.69, 9.17) is 0 Å². The van der Waals surface area contributed by atoms with Crippen LogP contribution < -0.4 is 10.6 Å². The molecule has 0 spiro atoms. The Morgan fingerprint density at radius 2 is 2.15 bits per heavy atom. The van der Waals surface area contributed by atoms with Crippen LogP contribution in [-0.4, -0.2) is 31.0 Å². The van der Waals surface area contributed by atoms with E-state index in [-0.39, 0.29) is 18.5 Å². The van der Waals surface area contributed by atoms with Crippen molar-refractivity contribution in [3.63, 3.8) is 0 Å². The van der Waals surface area contributed by atoms with E-state index in [1.807, 2.05) is 0 Å². The number of halogens is 2. The number of carbonyl (C=O) groups is 1. The highest BCUT2D eigenvalue weighted by Gasteiger charge is 2.23. The minimum atomic E-state index is -2.42. The average molecular weight is 192 g/mol. The summed E-state index contributed by atoms with van der Waals surface area (Å²) >= 11 is 0. The number of carbonyl (C=O) groups excluding carboxylic acids is 1. The highest BCUT2D eigenvalue weighted by molar-refractivity contribution is 5.78. The molecule has 1 aliphatic carbocycles. The fraction of sp³-hybridized carbons (Fsp3) is 0.875. The van der Waals surface area contributed by atoms with Gasteiger partial charge in [-0.05, 0) is 19.8 Å². The monoisotopic (exact) mass is 192 g/mol. The second-order valence-electron chi connectivity index (χ2n) is 3.35. The Balaban J connectivity index is 2.06. The topological polar surface area (TPSA) is 41.1 Å². The van der Waals surface area contributed by atoms with Crippen molar-refractivity contribution in [2.24, 2.45) is 0 Å². The Morgan fingerprint density at radius 3 is 2.62 bits per heavy atom. The van der Waals surface area contributed by atoms with Gasteiger partial charge in [-0.3, -0.25) is 4.79 Å². The molecular formula is C8H14F2N2O. The minimum absolute atomic E-state index is 0.0258. The molecule has 0 saturated heterocycles. The third-order valence-electron chi connectivity index (χ3n) is 1.91. The molecule has 0 aromatic carbocycles. The molecule has 0 aromatic heterocycles. The van der Waals surface area contributed by atoms with Crippen LogP contribution in [0.15, 0.2) is 0 Å². The summed E-state index contributed by atoms with van der Waals surface area (Å²) in [6.07, 6.45) is -0.402. The van der Waals surface area contributed by atoms with Crippen molar-refractivity contribution in [2.45, 2.75) is 38.3 Å². The lowest BCUT2D eigenvalue weighted by atomic mass is 10.3. The molecule has 0 radical (unpaired) electrons. The first-order valence-corrected chi connectivity index (χ1v) is 4.40. The average Bonchev–Trinajstić information content (AvgIpc) is 2.83. The van der Waals surface area contributed by atoms with Crippen LogP contribution in [0.5, 0.6) is 0 Å². The fourth-order valence-corrected chi connectivity index (χ4v) is 0.849. The summed E-state index contributed by atoms with van der Waals surface area (Å²) in [5.41, 5.74) is 0. The highest BCUT2D eigenvalue weighted by atomic mass is 19.3. The molecule has 1 atom stereocenters. The molecule has 1 rings (SSSR count). The smallest absolute Gasteiger partial charge is 0.253 e. The molecule has 1 fully saturated rings. The van der Waals surface area contributed by atoms with Crippen LogP contribution in [0.25, 0.3) is 0 Å². The summed E-state index contributed by atoms with van der Waals surface area (Å²) in [6, 6.07) is -0.638. The molecule has 0 heterocycles. The lowest BCUT2D eigenvalue weighted by Crippen LogP contribution is -2.41. The van der Waals surface area contributed by atoms with Crippen molar-refractivity contribution in [1.82, 2.24) is 10.6 Å². The number of amides is 1. The zero-order valence-electron chi connectivity index (χ0n) is 7.52. The van der Waals surface area contributed by atoms with Crippen molar-refractivity contribution in [2.75, 3.05) is 6.54 Å². The zero-order chi connectivity index (χ0) is 9.84. The van der Waals surface area contributed by atoms with Gasteiger partial charge in [0.25, 0.3) is 6.43 Å². The van der Waals surface area contributed by atoms with Crippen molar-refractivity contribution in [3.05, 3.63) is 0 Å². The number of hydrogen-bond acceptors (Lipinski definition) is 2. The van der Waals surface area contributed by atoms with Crippen LogP contribution in [0.4, 0.5) is 8.78 Å². The van der Waals surface area contributed by atoms with Crippen molar-refractivity contribution in [1.29, 1.82) is 0 Å². The van der Waals surface area contributed by atoms with E-state index in [0.29, 0.717) is 0 Å². The van der Waals surface area contributed by atoms with Crippen molar-refractivity contribution < 1.29 is 13.6 Å². The molecule has 0 bridgehead atoms. The first-order valence-electron chi connectivity index (χ1n) is 4.40. The highest BCUT2D eigenvalue weighted by Crippen LogP contribution is 2.18. The lowest BCUT2D eigenvalue weighted by molar-refractivity contribution is -0.120. The zero-order valence-corrected chi connectivity index (χ0v) is 7.52. The van der Waals surface area contributed by atoms with Gasteiger partial charge in [0.15, 0.2) is 0 Å². The van der Waals surface area contributed by atoms with Crippen LogP contribution >= 0.6 is 0 Å². The van der Waals surface area contributed by atoms with Crippen LogP contribution in [0.1, 0.15) is 19.8 Å². The van der Waals surface area contributed by atoms with Gasteiger partial charge in [0.05, 0.1) is 12.6 Å². The molecule has 0 aliphatic heterocycles. The van der Waals surface area contributed by atoms with Gasteiger partial charge in [-0.25, -0.2) is 8.78 Å². The first kappa shape index (κ1) is 10.4. The third-order valence-corrected chi connectivity index (χ3v) is 1.91. The molecule has 1 amide bonds. The molecule has 76 valence electrons. The SMILES string of the molecule is CC(NCC(=O)NC1CC1)C(F)F. The quantitative estimate of drug-likeness (QED) is 0.666. The van der Waals surface area contributed by atoms with Gasteiger partial charge >= 0.3 is 0 Å². The first-order chi connectivity index (χ1) is 6.09. The van der Waals surface area contributed by atoms with E-state index >= 15 is 0 Å². The van der Waals surface area contributed by atoms with Crippen LogP contribution in [-0.2, 0) is 4.79 Å². The Hall–Kier alpha value is -0.710. The van der Waals surface area contributed by atoms with Crippen molar-refractivity contribution in [3.8, 4) is 0 Å². The van der Waals surface area contributed by atoms with E-state index < -0.39 is 12.5 Å². The second-order valence-corrected chi connectivity index (χ2v) is 3.35. The molecule has 1 saturated carbocycles. The molecule has 1 aliphatic rings. The predicted molar refractivity (Wildman–Crippen MR) is 44.6 cm³/mol. The molecular weight excluding hydrogens is 178 g/mol. The summed E-state index contributed by atoms with van der Waals surface area (Å²) in [4.78, 5) is 11.0. The van der Waals surface area contributed by atoms with Gasteiger partial charge in [0.1, 0.15) is 0 Å². The van der Waals surface area contributed by atoms with E-state index in [1.54, 1.807) is 0 Å². The molecule has 1 unspecified atom stereocenters. The Kier molecular flexibility index (Phi) is 3.59. The maximum atomic E-state index is 12.0. The summed E-state index contributed by atoms with van der Waals surface area (Å²) in [7, 11) is 0. The van der Waals surface area contributed by atoms with Crippen molar-refractivity contribution >= 4 is 5.91 Å². The van der Waals surface area contributed by atoms with Gasteiger partial charge < -0.3 is 10.6 Å². The van der Waals surface area contributed by atoms with Gasteiger partial charge in [0, 0.05) is 6.04 Å². The van der Waals surface area contributed by atoms with Crippen LogP contribution in [0.3, 0.4) is 0 Å². The third kappa shape index (κ3) is 4.17. The summed E-state index contributed by atoms with van der Waals surface area (Å²) in [6.45, 7) is 1.33. The predicted octanol–water partition coefficient (Wildman–Crippen LogP) is 0.508. The van der Waals surface area contributed by atoms with Gasteiger partial charge in [-0.1, -0.05) is 0 Å². The van der Waals surface area contributed by atoms with E-state index in [2.05, 4.69) is 10.6 Å². The maximum absolute atomic E-state index is 12.0. The van der Waals surface area contributed by atoms with Gasteiger partial charge in [0.2, 0.25) is 5.91 Å². The molecule has 5 heteroatoms. The molecule has 0 aromatic rings. The normalized spacial score (nSPS) is 18.8. The van der Waals surface area contributed by atoms with Crippen LogP contribution in [0, 0.1) is 0 Å². The van der Waals surface area contributed by atoms with Gasteiger partial charge in [-0.15, -0.1) is 0 Å². The maximum Gasteiger partial charge on any atom is 0.253 e. The lowest BCUT2D eigenvalue weighted by Gasteiger charge is -2.11. The standard InChI is InChI=1S/C8H14F2N2O/c1-5(8(9)10)11-4-7(13)12-6-2-3-6/h5-6,8,11H,2-4H2,1H3,(H,12,13). The number of alkyl halides is 2. The summed E-state index contributed by atoms with van der Waals surface area (Å²) < 4.78 is 23.9. The Bertz CT molecular complexity index is 183. The largest absolute Gasteiger partial charge is 0.352 e. The van der Waals surface area contributed by atoms with E-state index in [1.165, 1.54) is 6.92 Å². The molecule has 13 heavy (non-hydrogen) atoms. The fourth-order valence-electron chi connectivity index (χ4n) is 0.849. The summed E-state index contributed by atoms with van der Waals surface area (Å²) in [5, 5.41) is 5.15. The number of hydrogen-bond donors (Lipinski definition) is 2. The molecule has 3 nitrogen and oxygen atoms in total. The minimum Gasteiger partial charge on any atom is -0.352 e. The Labute approximate surface area is 75.9 Å².